The van der Waals surface area contributed by atoms with Crippen LogP contribution in [0.2, 0.25) is 0 Å². The molecule has 0 saturated carbocycles. The Kier molecular flexibility index (Phi) is 19.3. The summed E-state index contributed by atoms with van der Waals surface area (Å²) in [6.07, 6.45) is -28.0. The molecule has 24 rings (SSSR count). The minimum atomic E-state index is -3.19. The van der Waals surface area contributed by atoms with E-state index < -0.39 is 294 Å². The average Bonchev–Trinajstić information content (AvgIpc) is 1.52. The summed E-state index contributed by atoms with van der Waals surface area (Å²) in [6.45, 7) is -7.22. The van der Waals surface area contributed by atoms with Crippen LogP contribution in [-0.4, -0.2) is 258 Å². The first-order valence-corrected chi connectivity index (χ1v) is 45.4. The molecule has 15 aliphatic rings. The average molecular weight is 1990 g/mol. The predicted molar refractivity (Wildman–Crippen MR) is 468 cm³/mol. The number of carbonyl (C=O) groups excluding carboxylic acids is 3. The molecule has 9 aromatic rings. The fourth-order valence-corrected chi connectivity index (χ4v) is 21.7. The van der Waals surface area contributed by atoms with Crippen molar-refractivity contribution < 1.29 is 217 Å². The van der Waals surface area contributed by atoms with Crippen LogP contribution < -0.4 is 56.8 Å². The van der Waals surface area contributed by atoms with Crippen LogP contribution in [0.15, 0.2) is 125 Å². The van der Waals surface area contributed by atoms with Gasteiger partial charge in [0.2, 0.25) is 37.6 Å². The maximum Gasteiger partial charge on any atom is 0.310 e. The highest BCUT2D eigenvalue weighted by atomic mass is 32.1. The molecule has 3 aliphatic carbocycles. The van der Waals surface area contributed by atoms with Gasteiger partial charge in [0, 0.05) is 42.3 Å². The van der Waals surface area contributed by atoms with E-state index in [0.717, 1.165) is 34.0 Å². The summed E-state index contributed by atoms with van der Waals surface area (Å²) in [5, 5.41) is 106. The summed E-state index contributed by atoms with van der Waals surface area (Å²) in [5.74, 6) is -29.1. The molecule has 3 aromatic heterocycles. The molecule has 0 unspecified atom stereocenters. The summed E-state index contributed by atoms with van der Waals surface area (Å²) >= 11 is 4.14. The molecular formula is C96H96O39S3. The monoisotopic (exact) mass is 1990 g/mol. The van der Waals surface area contributed by atoms with E-state index in [-0.39, 0.29) is 131 Å². The van der Waals surface area contributed by atoms with Gasteiger partial charge < -0.3 is 174 Å². The van der Waals surface area contributed by atoms with Crippen molar-refractivity contribution in [2.45, 2.75) is 147 Å². The molecule has 0 amide bonds. The van der Waals surface area contributed by atoms with Crippen LogP contribution in [0.4, 0.5) is 0 Å². The molecule has 9 N–H and O–H groups in total. The van der Waals surface area contributed by atoms with E-state index in [0.29, 0.717) is 4.88 Å². The molecule has 9 saturated heterocycles. The van der Waals surface area contributed by atoms with Gasteiger partial charge in [-0.05, 0) is 157 Å². The Hall–Kier alpha value is -10.9. The van der Waals surface area contributed by atoms with E-state index in [1.165, 1.54) is 96.8 Å². The van der Waals surface area contributed by atoms with E-state index in [1.54, 1.807) is 18.2 Å². The highest BCUT2D eigenvalue weighted by Crippen LogP contribution is 2.63. The fourth-order valence-electron chi connectivity index (χ4n) is 19.6. The molecule has 0 radical (unpaired) electrons. The van der Waals surface area contributed by atoms with Crippen molar-refractivity contribution in [3.63, 3.8) is 0 Å². The number of carbonyl (C=O) groups is 3. The second kappa shape index (κ2) is 37.6. The quantitative estimate of drug-likeness (QED) is 0.0288. The van der Waals surface area contributed by atoms with Crippen LogP contribution >= 0.6 is 34.0 Å². The molecule has 0 bridgehead atoms. The molecular weight excluding hydrogens is 1870 g/mol. The summed E-state index contributed by atoms with van der Waals surface area (Å²) in [5.41, 5.74) is -0.580. The Morgan fingerprint density at radius 3 is 1.02 bits per heavy atom. The van der Waals surface area contributed by atoms with Crippen LogP contribution in [0.1, 0.15) is 148 Å². The number of rotatable bonds is 18. The van der Waals surface area contributed by atoms with Crippen LogP contribution in [0.5, 0.6) is 86.2 Å². The van der Waals surface area contributed by atoms with E-state index >= 15 is 0 Å². The van der Waals surface area contributed by atoms with E-state index in [4.69, 9.17) is 150 Å². The molecule has 30 atom stereocenters. The number of aliphatic hydroxyl groups excluding tert-OH is 6. The Balaban J connectivity index is 0.000000133. The number of esters is 3. The number of aromatic hydroxyl groups is 3. The van der Waals surface area contributed by atoms with Gasteiger partial charge in [-0.3, -0.25) is 14.4 Å². The number of aliphatic hydroxyl groups is 6. The second-order valence-electron chi connectivity index (χ2n) is 33.5. The molecule has 42 heteroatoms. The largest absolute Gasteiger partial charge is 0.502 e. The number of hydrogen-bond acceptors (Lipinski definition) is 42. The molecule has 15 heterocycles. The normalized spacial score (nSPS) is 40.3. The molecule has 732 valence electrons. The van der Waals surface area contributed by atoms with Crippen molar-refractivity contribution in [3.05, 3.63) is 190 Å². The van der Waals surface area contributed by atoms with E-state index in [1.807, 2.05) is 34.3 Å². The van der Waals surface area contributed by atoms with Gasteiger partial charge in [0.15, 0.2) is 107 Å². The third-order valence-corrected chi connectivity index (χ3v) is 28.7. The van der Waals surface area contributed by atoms with E-state index in [2.05, 4.69) is 0 Å². The first-order valence-electron chi connectivity index (χ1n) is 53.3. The van der Waals surface area contributed by atoms with Gasteiger partial charge in [0.1, 0.15) is 73.2 Å². The smallest absolute Gasteiger partial charge is 0.310 e. The lowest BCUT2D eigenvalue weighted by atomic mass is 9.66. The van der Waals surface area contributed by atoms with Crippen LogP contribution in [-0.2, 0) is 85.4 Å². The summed E-state index contributed by atoms with van der Waals surface area (Å²) in [7, 11) is -10.2. The highest BCUT2D eigenvalue weighted by Gasteiger charge is 2.62. The van der Waals surface area contributed by atoms with Crippen LogP contribution in [0.3, 0.4) is 0 Å². The minimum absolute atomic E-state index is 0.0331. The highest BCUT2D eigenvalue weighted by molar-refractivity contribution is 7.10. The number of benzene rings is 6. The number of fused-ring (bicyclic) bond motifs is 12. The second-order valence-corrected chi connectivity index (χ2v) is 36.4. The van der Waals surface area contributed by atoms with Gasteiger partial charge in [-0.15, -0.1) is 34.0 Å². The number of cyclic esters (lactones) is 3. The Bertz CT molecular complexity index is 6940. The van der Waals surface area contributed by atoms with Crippen molar-refractivity contribution in [3.8, 4) is 86.2 Å². The molecule has 9 fully saturated rings. The van der Waals surface area contributed by atoms with Crippen molar-refractivity contribution in [1.29, 1.82) is 0 Å². The molecule has 0 spiro atoms. The Morgan fingerprint density at radius 2 is 0.667 bits per heavy atom. The van der Waals surface area contributed by atoms with Crippen molar-refractivity contribution >= 4 is 51.9 Å². The Morgan fingerprint density at radius 1 is 0.355 bits per heavy atom. The standard InChI is InChI=1S/3C32H32O13S/c3*1-37-19-6-13(7-20(38-2)25(19)33)23-14-8-17-18(42-12-41-17)9-15(14)28(16-10-39-30(36)24(16)23)44-32-27(35)26(34)29-21(43-32)11-40-31(45-29)22-4-3-5-46-22/h3*3-9,16,21,23-24,26-29,31-35H,10-12H2,1-2H3/t3*16-,21+,23+,24-,26+,27+,28+,29+,31+,32-/m000/s1/i1D3,2D3,23D,24D;1D3,2D3,10D2,24D;10D2,23D,24D. The van der Waals surface area contributed by atoms with Crippen LogP contribution in [0, 0.1) is 35.4 Å². The first kappa shape index (κ1) is 70.7. The van der Waals surface area contributed by atoms with E-state index in [9.17, 15) is 67.2 Å². The zero-order valence-electron chi connectivity index (χ0n) is 92.5. The maximum absolute atomic E-state index is 13.9. The lowest BCUT2D eigenvalue weighted by Crippen LogP contribution is -2.62. The van der Waals surface area contributed by atoms with Crippen molar-refractivity contribution in [1.82, 2.24) is 0 Å². The predicted octanol–water partition coefficient (Wildman–Crippen LogP) is 8.26. The van der Waals surface area contributed by atoms with Gasteiger partial charge in [-0.25, -0.2) is 0 Å². The molecule has 138 heavy (non-hydrogen) atoms. The number of phenolic OH excluding ortho intramolecular Hbond substituents is 3. The SMILES string of the molecule is [2H]C([2H])([2H])Oc1cc([C@@H]2c3cc4c(cc3[C@@H](O[C@@H]3O[C@@H]5CO[C@@H](c6cccs6)O[C@H]5[C@H](O)[C@H]3O)[C@H]3C([2H])([2H])OC(=O)[C@]23[2H])OCO4)cc(OC([2H])([2H])[2H])c1O.[2H]C([2H])([2H])Oc1cc([C@]2([2H])c3cc4c(cc3[C@@H](O[C@@H]3O[C@@H]5CO[C@@H](c6cccs6)O[C@H]5[C@H](O)[C@H]3O)[C@H]3COC(=O)[C@@]32[2H])OCO4)cc(OC([2H])([2H])[2H])c1O.[2H]C1([2H])OC(=O)[C@@]2([2H])[C@H]1[C@H](O[C@@H]1O[C@@H]3CO[C@@H](c4cccs4)O[C@H]3[C@H](O)[C@H]1O)c1cc3c(cc1[C@@]2([2H])c1cc(OC)c(O)c(OC)c1)OCO3. The fraction of sp³-hybridized carbons (Fsp3) is 0.469. The number of hydrogen-bond donors (Lipinski definition) is 9. The molecule has 39 nitrogen and oxygen atoms in total. The molecule has 12 aliphatic heterocycles. The van der Waals surface area contributed by atoms with Gasteiger partial charge in [0.25, 0.3) is 0 Å². The van der Waals surface area contributed by atoms with Crippen molar-refractivity contribution in [2.75, 3.05) is 102 Å². The number of methoxy groups -OCH3 is 6. The summed E-state index contributed by atoms with van der Waals surface area (Å²) in [4.78, 5) is 43.9. The third-order valence-electron chi connectivity index (χ3n) is 26.0. The minimum Gasteiger partial charge on any atom is -0.502 e. The van der Waals surface area contributed by atoms with Gasteiger partial charge in [-0.2, -0.15) is 0 Å². The van der Waals surface area contributed by atoms with Gasteiger partial charge in [-0.1, -0.05) is 18.2 Å². The molecule has 6 aromatic carbocycles. The van der Waals surface area contributed by atoms with Crippen LogP contribution in [0.25, 0.3) is 0 Å². The lowest BCUT2D eigenvalue weighted by Gasteiger charge is -2.48. The first-order chi connectivity index (χ1) is 75.0. The Labute approximate surface area is 826 Å². The summed E-state index contributed by atoms with van der Waals surface area (Å²) < 4.78 is 329. The van der Waals surface area contributed by atoms with Gasteiger partial charge >= 0.3 is 17.9 Å². The number of thiophene rings is 3. The topological polar surface area (TPSA) is 482 Å². The number of phenols is 3. The lowest BCUT2D eigenvalue weighted by molar-refractivity contribution is -0.368. The zero-order valence-corrected chi connectivity index (χ0v) is 74.0. The maximum atomic E-state index is 13.9. The number of ether oxygens (including phenoxy) is 27. The summed E-state index contributed by atoms with van der Waals surface area (Å²) in [6, 6.07) is 25.4. The van der Waals surface area contributed by atoms with Gasteiger partial charge in [0.05, 0.1) is 154 Å². The third kappa shape index (κ3) is 16.1. The zero-order chi connectivity index (χ0) is 113. The van der Waals surface area contributed by atoms with Crippen molar-refractivity contribution in [2.24, 2.45) is 35.4 Å².